The number of rotatable bonds is 0. The fourth-order valence-electron chi connectivity index (χ4n) is 2.27. The first-order valence-electron chi connectivity index (χ1n) is 4.77. The molecule has 0 spiro atoms. The van der Waals surface area contributed by atoms with Crippen LogP contribution in [0, 0.1) is 0 Å². The predicted molar refractivity (Wildman–Crippen MR) is 60.1 cm³/mol. The van der Waals surface area contributed by atoms with Crippen LogP contribution in [0.25, 0.3) is 10.9 Å². The van der Waals surface area contributed by atoms with Gasteiger partial charge in [-0.05, 0) is 24.1 Å². The van der Waals surface area contributed by atoms with E-state index in [9.17, 15) is 0 Å². The average molecular weight is 207 g/mol. The number of aryl methyl sites for hydroxylation is 1. The highest BCUT2D eigenvalue weighted by Gasteiger charge is 2.16. The van der Waals surface area contributed by atoms with Crippen molar-refractivity contribution >= 4 is 28.2 Å². The smallest absolute Gasteiger partial charge is 0.0690 e. The Hall–Kier alpha value is -1.15. The molecule has 0 aliphatic carbocycles. The second-order valence-electron chi connectivity index (χ2n) is 3.76. The Kier molecular flexibility index (Phi) is 1.56. The second-order valence-corrected chi connectivity index (χ2v) is 4.17. The molecule has 14 heavy (non-hydrogen) atoms. The van der Waals surface area contributed by atoms with E-state index in [1.165, 1.54) is 16.6 Å². The lowest BCUT2D eigenvalue weighted by Gasteiger charge is -2.14. The zero-order valence-electron chi connectivity index (χ0n) is 7.97. The van der Waals surface area contributed by atoms with Crippen LogP contribution in [-0.4, -0.2) is 11.1 Å². The first-order chi connectivity index (χ1) is 6.77. The van der Waals surface area contributed by atoms with Crippen molar-refractivity contribution in [2.24, 2.45) is 7.05 Å². The lowest BCUT2D eigenvalue weighted by molar-refractivity contribution is 0.943. The zero-order chi connectivity index (χ0) is 9.71. The minimum Gasteiger partial charge on any atom is -0.384 e. The van der Waals surface area contributed by atoms with Gasteiger partial charge >= 0.3 is 0 Å². The molecular weight excluding hydrogens is 196 g/mol. The maximum atomic E-state index is 6.18. The summed E-state index contributed by atoms with van der Waals surface area (Å²) in [4.78, 5) is 0. The molecule has 1 aliphatic rings. The Morgan fingerprint density at radius 2 is 2.29 bits per heavy atom. The number of benzene rings is 1. The van der Waals surface area contributed by atoms with E-state index in [4.69, 9.17) is 11.6 Å². The topological polar surface area (TPSA) is 17.0 Å². The average Bonchev–Trinajstić information content (AvgIpc) is 2.51. The van der Waals surface area contributed by atoms with Crippen LogP contribution in [0.5, 0.6) is 0 Å². The number of anilines is 1. The lowest BCUT2D eigenvalue weighted by atomic mass is 10.1. The van der Waals surface area contributed by atoms with Crippen molar-refractivity contribution in [3.8, 4) is 0 Å². The number of nitrogens with zero attached hydrogens (tertiary/aromatic N) is 1. The van der Waals surface area contributed by atoms with Gasteiger partial charge in [-0.2, -0.15) is 0 Å². The summed E-state index contributed by atoms with van der Waals surface area (Å²) in [5, 5.41) is 5.53. The van der Waals surface area contributed by atoms with E-state index >= 15 is 0 Å². The molecule has 0 atom stereocenters. The van der Waals surface area contributed by atoms with Crippen LogP contribution in [0.4, 0.5) is 5.69 Å². The molecule has 3 rings (SSSR count). The maximum absolute atomic E-state index is 6.18. The van der Waals surface area contributed by atoms with Crippen molar-refractivity contribution < 1.29 is 0 Å². The molecule has 1 N–H and O–H groups in total. The number of aromatic nitrogens is 1. The summed E-state index contributed by atoms with van der Waals surface area (Å²) in [6.07, 6.45) is 3.27. The van der Waals surface area contributed by atoms with Crippen LogP contribution in [0.3, 0.4) is 0 Å². The minimum atomic E-state index is 0.834. The van der Waals surface area contributed by atoms with Crippen molar-refractivity contribution in [1.29, 1.82) is 0 Å². The minimum absolute atomic E-state index is 0.834. The third-order valence-electron chi connectivity index (χ3n) is 2.86. The van der Waals surface area contributed by atoms with Crippen LogP contribution >= 0.6 is 11.6 Å². The van der Waals surface area contributed by atoms with Crippen molar-refractivity contribution in [1.82, 2.24) is 4.57 Å². The molecule has 0 fully saturated rings. The van der Waals surface area contributed by atoms with Gasteiger partial charge in [0.1, 0.15) is 0 Å². The van der Waals surface area contributed by atoms with Gasteiger partial charge in [0.2, 0.25) is 0 Å². The summed E-state index contributed by atoms with van der Waals surface area (Å²) in [5.74, 6) is 0. The molecule has 0 saturated carbocycles. The van der Waals surface area contributed by atoms with Crippen LogP contribution in [0.2, 0.25) is 5.02 Å². The van der Waals surface area contributed by atoms with E-state index < -0.39 is 0 Å². The third-order valence-corrected chi connectivity index (χ3v) is 3.17. The summed E-state index contributed by atoms with van der Waals surface area (Å²) >= 11 is 6.18. The molecule has 0 radical (unpaired) electrons. The number of hydrogen-bond acceptors (Lipinski definition) is 1. The molecule has 1 aromatic heterocycles. The van der Waals surface area contributed by atoms with Crippen LogP contribution in [-0.2, 0) is 13.5 Å². The number of hydrogen-bond donors (Lipinski definition) is 1. The molecule has 1 aromatic carbocycles. The van der Waals surface area contributed by atoms with Gasteiger partial charge in [-0.25, -0.2) is 0 Å². The third kappa shape index (κ3) is 0.919. The van der Waals surface area contributed by atoms with Gasteiger partial charge in [-0.1, -0.05) is 11.6 Å². The highest BCUT2D eigenvalue weighted by Crippen LogP contribution is 2.35. The van der Waals surface area contributed by atoms with E-state index in [1.54, 1.807) is 0 Å². The van der Waals surface area contributed by atoms with E-state index in [2.05, 4.69) is 22.1 Å². The van der Waals surface area contributed by atoms with Crippen LogP contribution in [0.15, 0.2) is 18.3 Å². The second kappa shape index (κ2) is 2.67. The van der Waals surface area contributed by atoms with Gasteiger partial charge < -0.3 is 9.88 Å². The Bertz CT molecular complexity index is 513. The molecule has 0 saturated heterocycles. The normalized spacial score (nSPS) is 14.4. The van der Waals surface area contributed by atoms with Gasteiger partial charge in [0.25, 0.3) is 0 Å². The fourth-order valence-corrected chi connectivity index (χ4v) is 2.56. The molecule has 0 unspecified atom stereocenters. The zero-order valence-corrected chi connectivity index (χ0v) is 8.73. The SMILES string of the molecule is Cn1cc2c3c(ccc(Cl)c31)NCC2. The van der Waals surface area contributed by atoms with Crippen LogP contribution in [0.1, 0.15) is 5.56 Å². The molecule has 2 aromatic rings. The molecular formula is C11H11ClN2. The van der Waals surface area contributed by atoms with Gasteiger partial charge in [0.05, 0.1) is 10.5 Å². The van der Waals surface area contributed by atoms with Gasteiger partial charge in [0.15, 0.2) is 0 Å². The molecule has 0 bridgehead atoms. The predicted octanol–water partition coefficient (Wildman–Crippen LogP) is 2.80. The molecule has 3 heteroatoms. The summed E-state index contributed by atoms with van der Waals surface area (Å²) in [6.45, 7) is 1.02. The Morgan fingerprint density at radius 1 is 1.43 bits per heavy atom. The van der Waals surface area contributed by atoms with Crippen LogP contribution < -0.4 is 5.32 Å². The van der Waals surface area contributed by atoms with Crippen molar-refractivity contribution in [2.45, 2.75) is 6.42 Å². The standard InChI is InChI=1S/C11H11ClN2/c1-14-6-7-4-5-13-9-3-2-8(12)11(14)10(7)9/h2-3,6,13H,4-5H2,1H3. The van der Waals surface area contributed by atoms with E-state index in [0.717, 1.165) is 23.5 Å². The van der Waals surface area contributed by atoms with Gasteiger partial charge in [-0.15, -0.1) is 0 Å². The summed E-state index contributed by atoms with van der Waals surface area (Å²) in [7, 11) is 2.05. The van der Waals surface area contributed by atoms with Gasteiger partial charge in [0, 0.05) is 30.9 Å². The van der Waals surface area contributed by atoms with E-state index in [1.807, 2.05) is 13.1 Å². The molecule has 2 heterocycles. The highest BCUT2D eigenvalue weighted by molar-refractivity contribution is 6.35. The first-order valence-corrected chi connectivity index (χ1v) is 5.15. The maximum Gasteiger partial charge on any atom is 0.0690 e. The largest absolute Gasteiger partial charge is 0.384 e. The fraction of sp³-hybridized carbons (Fsp3) is 0.273. The summed E-state index contributed by atoms with van der Waals surface area (Å²) < 4.78 is 2.11. The first kappa shape index (κ1) is 8.18. The molecule has 0 amide bonds. The lowest BCUT2D eigenvalue weighted by Crippen LogP contribution is -2.09. The van der Waals surface area contributed by atoms with E-state index in [-0.39, 0.29) is 0 Å². The van der Waals surface area contributed by atoms with E-state index in [0.29, 0.717) is 0 Å². The Labute approximate surface area is 87.5 Å². The summed E-state index contributed by atoms with van der Waals surface area (Å²) in [5.41, 5.74) is 3.76. The number of halogens is 1. The monoisotopic (exact) mass is 206 g/mol. The molecule has 72 valence electrons. The Morgan fingerprint density at radius 3 is 3.14 bits per heavy atom. The summed E-state index contributed by atoms with van der Waals surface area (Å²) in [6, 6.07) is 4.02. The van der Waals surface area contributed by atoms with Crippen molar-refractivity contribution in [3.63, 3.8) is 0 Å². The van der Waals surface area contributed by atoms with Crippen molar-refractivity contribution in [3.05, 3.63) is 28.9 Å². The Balaban J connectivity index is 2.53. The highest BCUT2D eigenvalue weighted by atomic mass is 35.5. The van der Waals surface area contributed by atoms with Gasteiger partial charge in [-0.3, -0.25) is 0 Å². The van der Waals surface area contributed by atoms with Crippen molar-refractivity contribution in [2.75, 3.05) is 11.9 Å². The number of nitrogens with one attached hydrogen (secondary N) is 1. The quantitative estimate of drug-likeness (QED) is 0.702. The molecule has 2 nitrogen and oxygen atoms in total. The molecule has 1 aliphatic heterocycles.